The maximum Gasteiger partial charge on any atom is 0.0469 e. The lowest BCUT2D eigenvalue weighted by molar-refractivity contribution is 0.0582. The first-order valence-electron chi connectivity index (χ1n) is 6.93. The molecule has 1 unspecified atom stereocenters. The van der Waals surface area contributed by atoms with Gasteiger partial charge in [-0.25, -0.2) is 0 Å². The van der Waals surface area contributed by atoms with Crippen LogP contribution in [0.1, 0.15) is 46.7 Å². The second-order valence-corrected chi connectivity index (χ2v) is 5.65. The smallest absolute Gasteiger partial charge is 0.0469 e. The highest BCUT2D eigenvalue weighted by Gasteiger charge is 2.25. The summed E-state index contributed by atoms with van der Waals surface area (Å²) in [6.07, 6.45) is 2.18. The molecule has 2 rings (SSSR count). The van der Waals surface area contributed by atoms with Crippen molar-refractivity contribution in [2.45, 2.75) is 46.6 Å². The molecule has 2 N–H and O–H groups in total. The summed E-state index contributed by atoms with van der Waals surface area (Å²) in [4.78, 5) is 0. The quantitative estimate of drug-likeness (QED) is 0.870. The molecule has 2 heteroatoms. The van der Waals surface area contributed by atoms with Gasteiger partial charge in [-0.05, 0) is 74.3 Å². The lowest BCUT2D eigenvalue weighted by atomic mass is 9.81. The van der Waals surface area contributed by atoms with Crippen molar-refractivity contribution < 1.29 is 4.74 Å². The zero-order chi connectivity index (χ0) is 13.3. The zero-order valence-corrected chi connectivity index (χ0v) is 12.0. The highest BCUT2D eigenvalue weighted by Crippen LogP contribution is 2.34. The summed E-state index contributed by atoms with van der Waals surface area (Å²) in [7, 11) is 0. The Morgan fingerprint density at radius 2 is 1.56 bits per heavy atom. The van der Waals surface area contributed by atoms with Crippen LogP contribution in [0.5, 0.6) is 0 Å². The van der Waals surface area contributed by atoms with Gasteiger partial charge in [-0.1, -0.05) is 6.07 Å². The van der Waals surface area contributed by atoms with E-state index >= 15 is 0 Å². The molecule has 0 radical (unpaired) electrons. The van der Waals surface area contributed by atoms with Crippen molar-refractivity contribution in [3.63, 3.8) is 0 Å². The van der Waals surface area contributed by atoms with Crippen molar-refractivity contribution in [3.05, 3.63) is 33.9 Å². The van der Waals surface area contributed by atoms with Gasteiger partial charge < -0.3 is 10.5 Å². The van der Waals surface area contributed by atoms with Crippen LogP contribution in [0.4, 0.5) is 0 Å². The molecule has 1 aromatic carbocycles. The highest BCUT2D eigenvalue weighted by atomic mass is 16.5. The number of aryl methyl sites for hydroxylation is 2. The molecule has 0 amide bonds. The van der Waals surface area contributed by atoms with Crippen LogP contribution in [0.3, 0.4) is 0 Å². The number of hydrogen-bond donors (Lipinski definition) is 1. The van der Waals surface area contributed by atoms with E-state index in [2.05, 4.69) is 33.8 Å². The molecule has 0 saturated carbocycles. The number of ether oxygens (including phenoxy) is 1. The van der Waals surface area contributed by atoms with E-state index in [0.29, 0.717) is 5.92 Å². The Bertz CT molecular complexity index is 407. The van der Waals surface area contributed by atoms with Gasteiger partial charge in [0.05, 0.1) is 0 Å². The normalized spacial score (nSPS) is 18.9. The molecular weight excluding hydrogens is 222 g/mol. The van der Waals surface area contributed by atoms with Crippen LogP contribution in [0.15, 0.2) is 6.07 Å². The monoisotopic (exact) mass is 247 g/mol. The Balaban J connectivity index is 2.37. The predicted octanol–water partition coefficient (Wildman–Crippen LogP) is 3.35. The molecule has 1 aliphatic heterocycles. The highest BCUT2D eigenvalue weighted by molar-refractivity contribution is 5.45. The van der Waals surface area contributed by atoms with Gasteiger partial charge >= 0.3 is 0 Å². The van der Waals surface area contributed by atoms with Crippen LogP contribution in [0, 0.1) is 33.6 Å². The largest absolute Gasteiger partial charge is 0.381 e. The molecule has 18 heavy (non-hydrogen) atoms. The van der Waals surface area contributed by atoms with Gasteiger partial charge in [0, 0.05) is 19.3 Å². The molecule has 0 aromatic heterocycles. The van der Waals surface area contributed by atoms with E-state index in [4.69, 9.17) is 10.5 Å². The fourth-order valence-corrected chi connectivity index (χ4v) is 3.06. The average molecular weight is 247 g/mol. The molecule has 100 valence electrons. The van der Waals surface area contributed by atoms with Gasteiger partial charge in [0.15, 0.2) is 0 Å². The van der Waals surface area contributed by atoms with Crippen LogP contribution in [0.2, 0.25) is 0 Å². The Hall–Kier alpha value is -0.860. The van der Waals surface area contributed by atoms with Crippen molar-refractivity contribution in [2.24, 2.45) is 11.7 Å². The van der Waals surface area contributed by atoms with Crippen molar-refractivity contribution in [3.8, 4) is 0 Å². The van der Waals surface area contributed by atoms with E-state index in [1.807, 2.05) is 0 Å². The lowest BCUT2D eigenvalue weighted by Crippen LogP contribution is -2.29. The van der Waals surface area contributed by atoms with Gasteiger partial charge in [-0.3, -0.25) is 0 Å². The first-order chi connectivity index (χ1) is 8.52. The second kappa shape index (κ2) is 5.41. The number of benzene rings is 1. The summed E-state index contributed by atoms with van der Waals surface area (Å²) in [5.74, 6) is 0.567. The van der Waals surface area contributed by atoms with Crippen molar-refractivity contribution in [1.82, 2.24) is 0 Å². The minimum Gasteiger partial charge on any atom is -0.381 e. The van der Waals surface area contributed by atoms with Gasteiger partial charge in [-0.2, -0.15) is 0 Å². The van der Waals surface area contributed by atoms with Crippen LogP contribution in [-0.2, 0) is 4.74 Å². The molecule has 2 nitrogen and oxygen atoms in total. The fraction of sp³-hybridized carbons (Fsp3) is 0.625. The molecule has 1 atom stereocenters. The topological polar surface area (TPSA) is 35.2 Å². The van der Waals surface area contributed by atoms with E-state index in [9.17, 15) is 0 Å². The summed E-state index contributed by atoms with van der Waals surface area (Å²) in [5.41, 5.74) is 13.4. The number of hydrogen-bond acceptors (Lipinski definition) is 2. The molecular formula is C16H25NO. The van der Waals surface area contributed by atoms with E-state index in [1.54, 1.807) is 0 Å². The van der Waals surface area contributed by atoms with Crippen molar-refractivity contribution in [2.75, 3.05) is 13.2 Å². The Morgan fingerprint density at radius 3 is 2.06 bits per heavy atom. The van der Waals surface area contributed by atoms with Crippen molar-refractivity contribution >= 4 is 0 Å². The zero-order valence-electron chi connectivity index (χ0n) is 12.0. The van der Waals surface area contributed by atoms with Gasteiger partial charge in [-0.15, -0.1) is 0 Å². The van der Waals surface area contributed by atoms with E-state index in [1.165, 1.54) is 27.8 Å². The third kappa shape index (κ3) is 2.45. The molecule has 1 aromatic rings. The number of nitrogens with two attached hydrogens (primary N) is 1. The van der Waals surface area contributed by atoms with E-state index in [0.717, 1.165) is 26.1 Å². The summed E-state index contributed by atoms with van der Waals surface area (Å²) in [6, 6.07) is 2.43. The maximum atomic E-state index is 6.55. The minimum absolute atomic E-state index is 0.160. The second-order valence-electron chi connectivity index (χ2n) is 5.65. The summed E-state index contributed by atoms with van der Waals surface area (Å²) >= 11 is 0. The standard InChI is InChI=1S/C16H25NO/c1-10-9-11(2)13(4)15(12(10)3)16(17)14-5-7-18-8-6-14/h9,14,16H,5-8,17H2,1-4H3. The first-order valence-corrected chi connectivity index (χ1v) is 6.93. The Morgan fingerprint density at radius 1 is 1.06 bits per heavy atom. The van der Waals surface area contributed by atoms with E-state index < -0.39 is 0 Å². The molecule has 1 fully saturated rings. The molecule has 1 heterocycles. The van der Waals surface area contributed by atoms with Gasteiger partial charge in [0.25, 0.3) is 0 Å². The Kier molecular flexibility index (Phi) is 4.08. The summed E-state index contributed by atoms with van der Waals surface area (Å²) in [6.45, 7) is 10.5. The Labute approximate surface area is 111 Å². The van der Waals surface area contributed by atoms with Gasteiger partial charge in [0.2, 0.25) is 0 Å². The van der Waals surface area contributed by atoms with Crippen LogP contribution in [0.25, 0.3) is 0 Å². The minimum atomic E-state index is 0.160. The summed E-state index contributed by atoms with van der Waals surface area (Å²) in [5, 5.41) is 0. The predicted molar refractivity (Wildman–Crippen MR) is 75.9 cm³/mol. The molecule has 0 spiro atoms. The third-order valence-corrected chi connectivity index (χ3v) is 4.53. The maximum absolute atomic E-state index is 6.55. The first kappa shape index (κ1) is 13.6. The molecule has 1 saturated heterocycles. The molecule has 0 aliphatic carbocycles. The van der Waals surface area contributed by atoms with Crippen LogP contribution >= 0.6 is 0 Å². The molecule has 1 aliphatic rings. The third-order valence-electron chi connectivity index (χ3n) is 4.53. The van der Waals surface area contributed by atoms with Crippen molar-refractivity contribution in [1.29, 1.82) is 0 Å². The average Bonchev–Trinajstić information content (AvgIpc) is 2.37. The summed E-state index contributed by atoms with van der Waals surface area (Å²) < 4.78 is 5.44. The SMILES string of the molecule is Cc1cc(C)c(C)c(C(N)C2CCOCC2)c1C. The number of rotatable bonds is 2. The fourth-order valence-electron chi connectivity index (χ4n) is 3.06. The lowest BCUT2D eigenvalue weighted by Gasteiger charge is -2.30. The van der Waals surface area contributed by atoms with Crippen LogP contribution < -0.4 is 5.73 Å². The van der Waals surface area contributed by atoms with Crippen LogP contribution in [-0.4, -0.2) is 13.2 Å². The van der Waals surface area contributed by atoms with E-state index in [-0.39, 0.29) is 6.04 Å². The van der Waals surface area contributed by atoms with Gasteiger partial charge in [0.1, 0.15) is 0 Å². The molecule has 0 bridgehead atoms.